The highest BCUT2D eigenvalue weighted by molar-refractivity contribution is 7.89. The van der Waals surface area contributed by atoms with Crippen molar-refractivity contribution in [2.24, 2.45) is 0 Å². The molecular weight excluding hydrogens is 340 g/mol. The van der Waals surface area contributed by atoms with Gasteiger partial charge in [0.25, 0.3) is 0 Å². The summed E-state index contributed by atoms with van der Waals surface area (Å²) in [6, 6.07) is 3.31. The SMILES string of the molecule is COc1cc(C)c(C)cc1S(=O)(=O)N1CCN(S(C)(=O)=O)CC1. The Bertz CT molecular complexity index is 795. The normalized spacial score (nSPS) is 18.1. The molecule has 1 heterocycles. The van der Waals surface area contributed by atoms with E-state index in [2.05, 4.69) is 0 Å². The molecule has 0 amide bonds. The van der Waals surface area contributed by atoms with Crippen LogP contribution in [0.5, 0.6) is 5.75 Å². The second kappa shape index (κ2) is 6.39. The average molecular weight is 362 g/mol. The van der Waals surface area contributed by atoms with E-state index >= 15 is 0 Å². The predicted octanol–water partition coefficient (Wildman–Crippen LogP) is 0.578. The van der Waals surface area contributed by atoms with Crippen LogP contribution in [0.15, 0.2) is 17.0 Å². The van der Waals surface area contributed by atoms with E-state index in [4.69, 9.17) is 4.74 Å². The number of aryl methyl sites for hydroxylation is 2. The molecule has 0 spiro atoms. The van der Waals surface area contributed by atoms with Crippen molar-refractivity contribution in [1.29, 1.82) is 0 Å². The number of rotatable bonds is 4. The summed E-state index contributed by atoms with van der Waals surface area (Å²) in [5.41, 5.74) is 1.81. The number of methoxy groups -OCH3 is 1. The Morgan fingerprint density at radius 3 is 1.87 bits per heavy atom. The second-order valence-electron chi connectivity index (χ2n) is 5.65. The molecule has 130 valence electrons. The zero-order chi connectivity index (χ0) is 17.4. The van der Waals surface area contributed by atoms with Gasteiger partial charge in [0.1, 0.15) is 10.6 Å². The molecule has 1 fully saturated rings. The molecule has 0 unspecified atom stereocenters. The minimum absolute atomic E-state index is 0.121. The van der Waals surface area contributed by atoms with E-state index in [1.807, 2.05) is 13.8 Å². The first kappa shape index (κ1) is 18.2. The first-order valence-electron chi connectivity index (χ1n) is 7.18. The van der Waals surface area contributed by atoms with Crippen molar-refractivity contribution in [3.8, 4) is 5.75 Å². The summed E-state index contributed by atoms with van der Waals surface area (Å²) in [7, 11) is -5.59. The maximum Gasteiger partial charge on any atom is 0.246 e. The average Bonchev–Trinajstić information content (AvgIpc) is 2.48. The molecule has 1 saturated heterocycles. The van der Waals surface area contributed by atoms with Gasteiger partial charge in [-0.05, 0) is 37.1 Å². The van der Waals surface area contributed by atoms with E-state index in [0.717, 1.165) is 17.4 Å². The van der Waals surface area contributed by atoms with Crippen LogP contribution >= 0.6 is 0 Å². The van der Waals surface area contributed by atoms with E-state index in [-0.39, 0.29) is 31.1 Å². The molecule has 2 rings (SSSR count). The maximum atomic E-state index is 12.9. The Morgan fingerprint density at radius 2 is 1.39 bits per heavy atom. The summed E-state index contributed by atoms with van der Waals surface area (Å²) in [6.07, 6.45) is 1.13. The molecule has 1 aliphatic rings. The molecule has 9 heteroatoms. The molecule has 1 aromatic carbocycles. The number of hydrogen-bond donors (Lipinski definition) is 0. The molecule has 0 radical (unpaired) electrons. The van der Waals surface area contributed by atoms with Gasteiger partial charge in [-0.2, -0.15) is 8.61 Å². The third-order valence-electron chi connectivity index (χ3n) is 4.06. The minimum atomic E-state index is -3.73. The van der Waals surface area contributed by atoms with Crippen molar-refractivity contribution in [2.45, 2.75) is 18.7 Å². The van der Waals surface area contributed by atoms with Crippen molar-refractivity contribution in [3.63, 3.8) is 0 Å². The lowest BCUT2D eigenvalue weighted by molar-refractivity contribution is 0.273. The molecule has 0 aliphatic carbocycles. The topological polar surface area (TPSA) is 84.0 Å². The quantitative estimate of drug-likeness (QED) is 0.782. The standard InChI is InChI=1S/C14H22N2O5S2/c1-11-9-13(21-3)14(10-12(11)2)23(19,20)16-7-5-15(6-8-16)22(4,17)18/h9-10H,5-8H2,1-4H3. The molecule has 1 aliphatic heterocycles. The third kappa shape index (κ3) is 3.68. The summed E-state index contributed by atoms with van der Waals surface area (Å²) in [5.74, 6) is 0.304. The first-order valence-corrected chi connectivity index (χ1v) is 10.5. The summed E-state index contributed by atoms with van der Waals surface area (Å²) < 4.78 is 56.6. The van der Waals surface area contributed by atoms with E-state index in [0.29, 0.717) is 5.75 Å². The summed E-state index contributed by atoms with van der Waals surface area (Å²) in [4.78, 5) is 0.121. The van der Waals surface area contributed by atoms with Gasteiger partial charge < -0.3 is 4.74 Å². The van der Waals surface area contributed by atoms with Gasteiger partial charge in [-0.25, -0.2) is 16.8 Å². The van der Waals surface area contributed by atoms with Crippen LogP contribution in [0.4, 0.5) is 0 Å². The van der Waals surface area contributed by atoms with Crippen LogP contribution in [0.25, 0.3) is 0 Å². The number of piperazine rings is 1. The molecule has 0 atom stereocenters. The maximum absolute atomic E-state index is 12.9. The Morgan fingerprint density at radius 1 is 0.913 bits per heavy atom. The van der Waals surface area contributed by atoms with E-state index in [1.54, 1.807) is 12.1 Å². The van der Waals surface area contributed by atoms with Gasteiger partial charge in [-0.3, -0.25) is 0 Å². The van der Waals surface area contributed by atoms with E-state index in [1.165, 1.54) is 15.7 Å². The van der Waals surface area contributed by atoms with Crippen molar-refractivity contribution in [3.05, 3.63) is 23.3 Å². The minimum Gasteiger partial charge on any atom is -0.495 e. The summed E-state index contributed by atoms with van der Waals surface area (Å²) in [5, 5.41) is 0. The molecule has 0 bridgehead atoms. The molecule has 1 aromatic rings. The van der Waals surface area contributed by atoms with Gasteiger partial charge in [-0.1, -0.05) is 0 Å². The van der Waals surface area contributed by atoms with Gasteiger partial charge in [0, 0.05) is 26.2 Å². The van der Waals surface area contributed by atoms with Crippen LogP contribution < -0.4 is 4.74 Å². The smallest absolute Gasteiger partial charge is 0.246 e. The lowest BCUT2D eigenvalue weighted by Gasteiger charge is -2.32. The predicted molar refractivity (Wildman–Crippen MR) is 87.6 cm³/mol. The molecule has 0 saturated carbocycles. The zero-order valence-corrected chi connectivity index (χ0v) is 15.4. The van der Waals surface area contributed by atoms with Gasteiger partial charge in [-0.15, -0.1) is 0 Å². The fraction of sp³-hybridized carbons (Fsp3) is 0.571. The van der Waals surface area contributed by atoms with Crippen molar-refractivity contribution in [2.75, 3.05) is 39.5 Å². The number of benzene rings is 1. The largest absolute Gasteiger partial charge is 0.495 e. The van der Waals surface area contributed by atoms with Crippen molar-refractivity contribution >= 4 is 20.0 Å². The van der Waals surface area contributed by atoms with Crippen molar-refractivity contribution in [1.82, 2.24) is 8.61 Å². The molecule has 0 N–H and O–H groups in total. The Balaban J connectivity index is 2.32. The Hall–Kier alpha value is -1.16. The van der Waals surface area contributed by atoms with Gasteiger partial charge in [0.05, 0.1) is 13.4 Å². The molecule has 7 nitrogen and oxygen atoms in total. The highest BCUT2D eigenvalue weighted by Gasteiger charge is 2.33. The number of ether oxygens (including phenoxy) is 1. The van der Waals surface area contributed by atoms with Crippen molar-refractivity contribution < 1.29 is 21.6 Å². The van der Waals surface area contributed by atoms with Gasteiger partial charge in [0.2, 0.25) is 20.0 Å². The highest BCUT2D eigenvalue weighted by atomic mass is 32.2. The Labute approximate surface area is 137 Å². The number of sulfonamides is 2. The lowest BCUT2D eigenvalue weighted by atomic mass is 10.1. The lowest BCUT2D eigenvalue weighted by Crippen LogP contribution is -2.50. The van der Waals surface area contributed by atoms with Gasteiger partial charge >= 0.3 is 0 Å². The zero-order valence-electron chi connectivity index (χ0n) is 13.7. The third-order valence-corrected chi connectivity index (χ3v) is 7.29. The van der Waals surface area contributed by atoms with Crippen LogP contribution in [0.2, 0.25) is 0 Å². The van der Waals surface area contributed by atoms with Crippen LogP contribution in [-0.4, -0.2) is 65.0 Å². The first-order chi connectivity index (χ1) is 10.6. The summed E-state index contributed by atoms with van der Waals surface area (Å²) in [6.45, 7) is 4.31. The number of nitrogens with zero attached hydrogens (tertiary/aromatic N) is 2. The van der Waals surface area contributed by atoms with Crippen LogP contribution in [0, 0.1) is 13.8 Å². The monoisotopic (exact) mass is 362 g/mol. The number of hydrogen-bond acceptors (Lipinski definition) is 5. The Kier molecular flexibility index (Phi) is 5.05. The fourth-order valence-electron chi connectivity index (χ4n) is 2.51. The fourth-order valence-corrected chi connectivity index (χ4v) is 4.98. The second-order valence-corrected chi connectivity index (χ2v) is 9.54. The molecule has 0 aromatic heterocycles. The molecular formula is C14H22N2O5S2. The van der Waals surface area contributed by atoms with Crippen LogP contribution in [0.1, 0.15) is 11.1 Å². The van der Waals surface area contributed by atoms with Gasteiger partial charge in [0.15, 0.2) is 0 Å². The van der Waals surface area contributed by atoms with Crippen LogP contribution in [-0.2, 0) is 20.0 Å². The van der Waals surface area contributed by atoms with Crippen LogP contribution in [0.3, 0.4) is 0 Å². The van der Waals surface area contributed by atoms with E-state index in [9.17, 15) is 16.8 Å². The van der Waals surface area contributed by atoms with E-state index < -0.39 is 20.0 Å². The highest BCUT2D eigenvalue weighted by Crippen LogP contribution is 2.30. The summed E-state index contributed by atoms with van der Waals surface area (Å²) >= 11 is 0. The molecule has 23 heavy (non-hydrogen) atoms.